The molecule has 84 valence electrons. The molecule has 0 fully saturated rings. The van der Waals surface area contributed by atoms with E-state index in [9.17, 15) is 5.11 Å². The molecule has 1 aliphatic rings. The molecular weight excluding hydrogens is 230 g/mol. The van der Waals surface area contributed by atoms with Crippen molar-refractivity contribution in [3.63, 3.8) is 0 Å². The molecular formula is C10H15NO2S2. The highest BCUT2D eigenvalue weighted by atomic mass is 32.1. The molecule has 0 saturated carbocycles. The summed E-state index contributed by atoms with van der Waals surface area (Å²) in [6.45, 7) is 6.59. The summed E-state index contributed by atoms with van der Waals surface area (Å²) in [5, 5.41) is 11.1. The van der Waals surface area contributed by atoms with Crippen LogP contribution in [0.5, 0.6) is 0 Å². The topological polar surface area (TPSA) is 42.4 Å². The fraction of sp³-hybridized carbons (Fsp3) is 0.700. The minimum Gasteiger partial charge on any atom is -0.382 e. The molecule has 0 amide bonds. The Morgan fingerprint density at radius 3 is 2.80 bits per heavy atom. The predicted octanol–water partition coefficient (Wildman–Crippen LogP) is 2.05. The number of aromatic nitrogens is 1. The summed E-state index contributed by atoms with van der Waals surface area (Å²) in [4.78, 5) is 5.40. The maximum Gasteiger partial charge on any atom is 0.121 e. The van der Waals surface area contributed by atoms with E-state index >= 15 is 0 Å². The molecule has 0 radical (unpaired) electrons. The van der Waals surface area contributed by atoms with Crippen molar-refractivity contribution in [3.05, 3.63) is 15.6 Å². The van der Waals surface area contributed by atoms with Crippen molar-refractivity contribution in [3.8, 4) is 0 Å². The fourth-order valence-corrected chi connectivity index (χ4v) is 2.83. The second-order valence-corrected chi connectivity index (χ2v) is 6.74. The first-order valence-corrected chi connectivity index (χ1v) is 6.10. The lowest BCUT2D eigenvalue weighted by Crippen LogP contribution is -2.31. The summed E-state index contributed by atoms with van der Waals surface area (Å²) < 4.78 is 5.04. The Hall–Kier alpha value is -0.100. The van der Waals surface area contributed by atoms with Crippen molar-refractivity contribution in [2.45, 2.75) is 37.7 Å². The summed E-state index contributed by atoms with van der Waals surface area (Å²) in [7, 11) is 0. The molecule has 2 heterocycles. The predicted molar refractivity (Wildman–Crippen MR) is 63.4 cm³/mol. The number of rotatable bonds is 1. The van der Waals surface area contributed by atoms with E-state index in [1.54, 1.807) is 6.92 Å². The molecule has 3 nitrogen and oxygen atoms in total. The Bertz CT molecular complexity index is 379. The molecule has 1 atom stereocenters. The molecule has 0 spiro atoms. The first kappa shape index (κ1) is 11.4. The Morgan fingerprint density at radius 1 is 1.60 bits per heavy atom. The first-order valence-electron chi connectivity index (χ1n) is 4.84. The fourth-order valence-electron chi connectivity index (χ4n) is 1.54. The number of hydrogen-bond donors (Lipinski definition) is 2. The summed E-state index contributed by atoms with van der Waals surface area (Å²) in [5.41, 5.74) is -0.0453. The molecule has 1 aromatic heterocycles. The van der Waals surface area contributed by atoms with E-state index in [1.165, 1.54) is 11.3 Å². The minimum absolute atomic E-state index is 0.266. The highest BCUT2D eigenvalue weighted by molar-refractivity contribution is 7.81. The average Bonchev–Trinajstić information content (AvgIpc) is 2.47. The highest BCUT2D eigenvalue weighted by Crippen LogP contribution is 2.39. The van der Waals surface area contributed by atoms with Gasteiger partial charge in [-0.05, 0) is 20.8 Å². The van der Waals surface area contributed by atoms with Crippen LogP contribution in [0.15, 0.2) is 0 Å². The van der Waals surface area contributed by atoms with Gasteiger partial charge in [0.15, 0.2) is 0 Å². The lowest BCUT2D eigenvalue weighted by molar-refractivity contribution is -0.0586. The maximum absolute atomic E-state index is 10.1. The molecule has 5 heteroatoms. The zero-order valence-electron chi connectivity index (χ0n) is 9.07. The van der Waals surface area contributed by atoms with E-state index in [0.717, 1.165) is 15.6 Å². The van der Waals surface area contributed by atoms with Gasteiger partial charge in [-0.15, -0.1) is 11.3 Å². The van der Waals surface area contributed by atoms with Crippen LogP contribution in [0.2, 0.25) is 0 Å². The van der Waals surface area contributed by atoms with Crippen LogP contribution in [0.3, 0.4) is 0 Å². The Balaban J connectivity index is 2.47. The van der Waals surface area contributed by atoms with Gasteiger partial charge in [0.2, 0.25) is 0 Å². The van der Waals surface area contributed by atoms with Crippen molar-refractivity contribution in [2.24, 2.45) is 0 Å². The summed E-state index contributed by atoms with van der Waals surface area (Å²) in [6.07, 6.45) is 0. The van der Waals surface area contributed by atoms with Crippen LogP contribution in [0.25, 0.3) is 0 Å². The Kier molecular flexibility index (Phi) is 2.62. The van der Waals surface area contributed by atoms with Crippen LogP contribution in [-0.4, -0.2) is 16.7 Å². The number of hydrogen-bond acceptors (Lipinski definition) is 5. The van der Waals surface area contributed by atoms with Gasteiger partial charge in [0.05, 0.1) is 28.5 Å². The largest absolute Gasteiger partial charge is 0.382 e. The van der Waals surface area contributed by atoms with E-state index in [-0.39, 0.29) is 4.75 Å². The molecule has 1 unspecified atom stereocenters. The van der Waals surface area contributed by atoms with Crippen molar-refractivity contribution in [1.29, 1.82) is 0 Å². The third-order valence-electron chi connectivity index (χ3n) is 2.33. The van der Waals surface area contributed by atoms with E-state index in [2.05, 4.69) is 17.6 Å². The molecule has 0 aromatic carbocycles. The maximum atomic E-state index is 10.1. The smallest absolute Gasteiger partial charge is 0.121 e. The van der Waals surface area contributed by atoms with Gasteiger partial charge in [-0.25, -0.2) is 4.98 Å². The number of thiol groups is 1. The molecule has 1 aliphatic heterocycles. The normalized spacial score (nSPS) is 26.5. The average molecular weight is 245 g/mol. The lowest BCUT2D eigenvalue weighted by atomic mass is 10.0. The van der Waals surface area contributed by atoms with Crippen molar-refractivity contribution >= 4 is 24.0 Å². The van der Waals surface area contributed by atoms with E-state index in [4.69, 9.17) is 4.74 Å². The first-order chi connectivity index (χ1) is 6.81. The quantitative estimate of drug-likeness (QED) is 0.744. The second kappa shape index (κ2) is 3.45. The number of nitrogens with zero attached hydrogens (tertiary/aromatic N) is 1. The lowest BCUT2D eigenvalue weighted by Gasteiger charge is -2.26. The molecule has 1 aromatic rings. The number of aliphatic hydroxyl groups is 1. The van der Waals surface area contributed by atoms with Crippen LogP contribution in [0.4, 0.5) is 0 Å². The molecule has 1 N–H and O–H groups in total. The summed E-state index contributed by atoms with van der Waals surface area (Å²) >= 11 is 6.02. The van der Waals surface area contributed by atoms with Gasteiger partial charge in [0.25, 0.3) is 0 Å². The van der Waals surface area contributed by atoms with Gasteiger partial charge < -0.3 is 9.84 Å². The molecule has 0 bridgehead atoms. The zero-order chi connectivity index (χ0) is 11.3. The molecule has 0 aliphatic carbocycles. The van der Waals surface area contributed by atoms with Gasteiger partial charge in [0, 0.05) is 0 Å². The molecule has 15 heavy (non-hydrogen) atoms. The van der Waals surface area contributed by atoms with Crippen molar-refractivity contribution in [1.82, 2.24) is 4.98 Å². The van der Waals surface area contributed by atoms with E-state index < -0.39 is 5.60 Å². The van der Waals surface area contributed by atoms with Crippen LogP contribution in [0.1, 0.15) is 36.3 Å². The molecule has 0 saturated heterocycles. The van der Waals surface area contributed by atoms with Crippen LogP contribution in [0, 0.1) is 0 Å². The Labute approximate surface area is 98.9 Å². The minimum atomic E-state index is -0.900. The van der Waals surface area contributed by atoms with Gasteiger partial charge >= 0.3 is 0 Å². The summed E-state index contributed by atoms with van der Waals surface area (Å²) in [5.74, 6) is 0. The highest BCUT2D eigenvalue weighted by Gasteiger charge is 2.35. The van der Waals surface area contributed by atoms with Gasteiger partial charge in [0.1, 0.15) is 10.6 Å². The third kappa shape index (κ3) is 2.06. The van der Waals surface area contributed by atoms with Crippen LogP contribution in [-0.2, 0) is 21.7 Å². The van der Waals surface area contributed by atoms with Gasteiger partial charge in [-0.2, -0.15) is 12.6 Å². The third-order valence-corrected chi connectivity index (χ3v) is 4.37. The van der Waals surface area contributed by atoms with Crippen LogP contribution < -0.4 is 0 Å². The zero-order valence-corrected chi connectivity index (χ0v) is 10.8. The van der Waals surface area contributed by atoms with Gasteiger partial charge in [-0.1, -0.05) is 0 Å². The van der Waals surface area contributed by atoms with Crippen LogP contribution >= 0.6 is 24.0 Å². The van der Waals surface area contributed by atoms with E-state index in [1.807, 2.05) is 13.8 Å². The summed E-state index contributed by atoms with van der Waals surface area (Å²) in [6, 6.07) is 0. The second-order valence-electron chi connectivity index (χ2n) is 4.62. The van der Waals surface area contributed by atoms with Crippen molar-refractivity contribution < 1.29 is 9.84 Å². The standard InChI is InChI=1S/C10H15NO2S2/c1-9(2,14)8-11-6-4-13-5-10(3,12)7(6)15-8/h12,14H,4-5H2,1-3H3. The van der Waals surface area contributed by atoms with E-state index in [0.29, 0.717) is 13.2 Å². The number of fused-ring (bicyclic) bond motifs is 1. The van der Waals surface area contributed by atoms with Gasteiger partial charge in [-0.3, -0.25) is 0 Å². The van der Waals surface area contributed by atoms with Crippen molar-refractivity contribution in [2.75, 3.05) is 6.61 Å². The number of thiazole rings is 1. The monoisotopic (exact) mass is 245 g/mol. The number of ether oxygens (including phenoxy) is 1. The molecule has 2 rings (SSSR count). The SMILES string of the molecule is CC(C)(S)c1nc2c(s1)C(C)(O)COC2. The Morgan fingerprint density at radius 2 is 2.27 bits per heavy atom.